The van der Waals surface area contributed by atoms with Crippen molar-refractivity contribution in [3.05, 3.63) is 54.6 Å². The fraction of sp³-hybridized carbons (Fsp3) is 0.364. The molecule has 27 heavy (non-hydrogen) atoms. The molecule has 0 unspecified atom stereocenters. The number of carbonyl (C=O) groups excluding carboxylic acids is 2. The van der Waals surface area contributed by atoms with Crippen LogP contribution in [0.15, 0.2) is 54.6 Å². The second-order valence-corrected chi connectivity index (χ2v) is 7.39. The number of carbonyl (C=O) groups is 2. The van der Waals surface area contributed by atoms with Crippen molar-refractivity contribution in [2.75, 3.05) is 18.4 Å². The van der Waals surface area contributed by atoms with Crippen molar-refractivity contribution >= 4 is 17.6 Å². The van der Waals surface area contributed by atoms with Crippen molar-refractivity contribution in [3.8, 4) is 11.1 Å². The van der Waals surface area contributed by atoms with Crippen LogP contribution in [0.1, 0.15) is 25.7 Å². The Kier molecular flexibility index (Phi) is 5.10. The Hall–Kier alpha value is -2.82. The van der Waals surface area contributed by atoms with E-state index in [4.69, 9.17) is 0 Å². The lowest BCUT2D eigenvalue weighted by Crippen LogP contribution is -2.46. The summed E-state index contributed by atoms with van der Waals surface area (Å²) in [6, 6.07) is 18.3. The van der Waals surface area contributed by atoms with Gasteiger partial charge in [0.15, 0.2) is 0 Å². The summed E-state index contributed by atoms with van der Waals surface area (Å²) in [7, 11) is 0. The van der Waals surface area contributed by atoms with Crippen LogP contribution in [0.3, 0.4) is 0 Å². The molecule has 1 aliphatic heterocycles. The SMILES string of the molecule is O=C(Nc1ccccc1-c1ccccc1)C1CCN(C(=O)NC2CC2)CC1. The summed E-state index contributed by atoms with van der Waals surface area (Å²) < 4.78 is 0. The maximum atomic E-state index is 12.8. The number of urea groups is 1. The zero-order valence-electron chi connectivity index (χ0n) is 15.4. The fourth-order valence-corrected chi connectivity index (χ4v) is 3.53. The largest absolute Gasteiger partial charge is 0.335 e. The Morgan fingerprint density at radius 2 is 1.52 bits per heavy atom. The average Bonchev–Trinajstić information content (AvgIpc) is 3.53. The van der Waals surface area contributed by atoms with E-state index < -0.39 is 0 Å². The monoisotopic (exact) mass is 363 g/mol. The Bertz CT molecular complexity index is 809. The molecule has 1 aliphatic carbocycles. The van der Waals surface area contributed by atoms with Gasteiger partial charge in [-0.3, -0.25) is 4.79 Å². The average molecular weight is 363 g/mol. The number of hydrogen-bond acceptors (Lipinski definition) is 2. The second kappa shape index (κ2) is 7.82. The third kappa shape index (κ3) is 4.30. The van der Waals surface area contributed by atoms with E-state index in [1.54, 1.807) is 0 Å². The summed E-state index contributed by atoms with van der Waals surface area (Å²) in [5.74, 6) is -0.0144. The van der Waals surface area contributed by atoms with Crippen molar-refractivity contribution in [2.45, 2.75) is 31.7 Å². The molecule has 0 atom stereocenters. The molecule has 1 saturated heterocycles. The zero-order chi connectivity index (χ0) is 18.6. The lowest BCUT2D eigenvalue weighted by atomic mass is 9.95. The number of piperidine rings is 1. The van der Waals surface area contributed by atoms with Gasteiger partial charge in [-0.15, -0.1) is 0 Å². The van der Waals surface area contributed by atoms with Crippen LogP contribution in [0.2, 0.25) is 0 Å². The fourth-order valence-electron chi connectivity index (χ4n) is 3.53. The van der Waals surface area contributed by atoms with Crippen LogP contribution >= 0.6 is 0 Å². The van der Waals surface area contributed by atoms with Gasteiger partial charge in [0.2, 0.25) is 5.91 Å². The molecular weight excluding hydrogens is 338 g/mol. The zero-order valence-corrected chi connectivity index (χ0v) is 15.4. The van der Waals surface area contributed by atoms with Crippen molar-refractivity contribution < 1.29 is 9.59 Å². The molecule has 0 radical (unpaired) electrons. The Morgan fingerprint density at radius 1 is 0.852 bits per heavy atom. The smallest absolute Gasteiger partial charge is 0.317 e. The lowest BCUT2D eigenvalue weighted by molar-refractivity contribution is -0.121. The first kappa shape index (κ1) is 17.6. The predicted octanol–water partition coefficient (Wildman–Crippen LogP) is 3.88. The predicted molar refractivity (Wildman–Crippen MR) is 106 cm³/mol. The number of likely N-dealkylation sites (tertiary alicyclic amines) is 1. The molecule has 4 rings (SSSR count). The quantitative estimate of drug-likeness (QED) is 0.866. The molecular formula is C22H25N3O2. The van der Waals surface area contributed by atoms with E-state index >= 15 is 0 Å². The van der Waals surface area contributed by atoms with Crippen LogP contribution in [0.4, 0.5) is 10.5 Å². The molecule has 1 heterocycles. The summed E-state index contributed by atoms with van der Waals surface area (Å²) in [6.45, 7) is 1.27. The van der Waals surface area contributed by atoms with Crippen LogP contribution in [0.5, 0.6) is 0 Å². The maximum absolute atomic E-state index is 12.8. The molecule has 2 aromatic rings. The number of anilines is 1. The summed E-state index contributed by atoms with van der Waals surface area (Å²) in [6.07, 6.45) is 3.59. The Labute approximate surface area is 159 Å². The Morgan fingerprint density at radius 3 is 2.22 bits per heavy atom. The van der Waals surface area contributed by atoms with Crippen molar-refractivity contribution in [3.63, 3.8) is 0 Å². The highest BCUT2D eigenvalue weighted by Crippen LogP contribution is 2.29. The molecule has 2 fully saturated rings. The number of nitrogens with zero attached hydrogens (tertiary/aromatic N) is 1. The van der Waals surface area contributed by atoms with Gasteiger partial charge in [0, 0.05) is 36.3 Å². The number of para-hydroxylation sites is 1. The van der Waals surface area contributed by atoms with Gasteiger partial charge in [-0.05, 0) is 37.3 Å². The minimum atomic E-state index is -0.0567. The van der Waals surface area contributed by atoms with Crippen molar-refractivity contribution in [1.29, 1.82) is 0 Å². The standard InChI is InChI=1S/C22H25N3O2/c26-21(17-12-14-25(15-13-17)22(27)23-18-10-11-18)24-20-9-5-4-8-19(20)16-6-2-1-3-7-16/h1-9,17-18H,10-15H2,(H,23,27)(H,24,26). The minimum Gasteiger partial charge on any atom is -0.335 e. The lowest BCUT2D eigenvalue weighted by Gasteiger charge is -2.31. The second-order valence-electron chi connectivity index (χ2n) is 7.39. The molecule has 2 N–H and O–H groups in total. The summed E-state index contributed by atoms with van der Waals surface area (Å²) in [5, 5.41) is 6.13. The molecule has 0 bridgehead atoms. The highest BCUT2D eigenvalue weighted by atomic mass is 16.2. The first-order valence-electron chi connectivity index (χ1n) is 9.71. The third-order valence-electron chi connectivity index (χ3n) is 5.33. The van der Waals surface area contributed by atoms with Gasteiger partial charge < -0.3 is 15.5 Å². The van der Waals surface area contributed by atoms with Gasteiger partial charge in [-0.1, -0.05) is 48.5 Å². The minimum absolute atomic E-state index is 0.0192. The Balaban J connectivity index is 1.37. The van der Waals surface area contributed by atoms with Gasteiger partial charge in [0.25, 0.3) is 0 Å². The molecule has 3 amide bonds. The molecule has 0 spiro atoms. The van der Waals surface area contributed by atoms with Crippen LogP contribution in [-0.4, -0.2) is 36.0 Å². The number of amides is 3. The molecule has 5 nitrogen and oxygen atoms in total. The van der Waals surface area contributed by atoms with E-state index in [1.165, 1.54) is 0 Å². The molecule has 2 aliphatic rings. The van der Waals surface area contributed by atoms with Gasteiger partial charge in [0.1, 0.15) is 0 Å². The molecule has 140 valence electrons. The van der Waals surface area contributed by atoms with E-state index in [0.717, 1.165) is 29.7 Å². The topological polar surface area (TPSA) is 61.4 Å². The molecule has 0 aromatic heterocycles. The van der Waals surface area contributed by atoms with E-state index in [9.17, 15) is 9.59 Å². The van der Waals surface area contributed by atoms with Gasteiger partial charge in [-0.2, -0.15) is 0 Å². The van der Waals surface area contributed by atoms with E-state index in [1.807, 2.05) is 59.5 Å². The van der Waals surface area contributed by atoms with Crippen LogP contribution in [-0.2, 0) is 4.79 Å². The van der Waals surface area contributed by atoms with E-state index in [0.29, 0.717) is 32.0 Å². The van der Waals surface area contributed by atoms with Gasteiger partial charge in [-0.25, -0.2) is 4.79 Å². The molecule has 1 saturated carbocycles. The van der Waals surface area contributed by atoms with Crippen molar-refractivity contribution in [2.24, 2.45) is 5.92 Å². The number of rotatable bonds is 4. The van der Waals surface area contributed by atoms with Crippen LogP contribution in [0, 0.1) is 5.92 Å². The van der Waals surface area contributed by atoms with E-state index in [2.05, 4.69) is 10.6 Å². The van der Waals surface area contributed by atoms with Crippen molar-refractivity contribution in [1.82, 2.24) is 10.2 Å². The first-order chi connectivity index (χ1) is 13.2. The number of nitrogens with one attached hydrogen (secondary N) is 2. The number of hydrogen-bond donors (Lipinski definition) is 2. The summed E-state index contributed by atoms with van der Waals surface area (Å²) in [4.78, 5) is 26.8. The van der Waals surface area contributed by atoms with Crippen LogP contribution in [0.25, 0.3) is 11.1 Å². The maximum Gasteiger partial charge on any atom is 0.317 e. The summed E-state index contributed by atoms with van der Waals surface area (Å²) in [5.41, 5.74) is 2.94. The number of benzene rings is 2. The first-order valence-corrected chi connectivity index (χ1v) is 9.71. The highest BCUT2D eigenvalue weighted by molar-refractivity contribution is 5.97. The van der Waals surface area contributed by atoms with Crippen LogP contribution < -0.4 is 10.6 Å². The molecule has 5 heteroatoms. The third-order valence-corrected chi connectivity index (χ3v) is 5.33. The van der Waals surface area contributed by atoms with Gasteiger partial charge in [0.05, 0.1) is 0 Å². The normalized spacial score (nSPS) is 17.4. The molecule has 2 aromatic carbocycles. The van der Waals surface area contributed by atoms with Gasteiger partial charge >= 0.3 is 6.03 Å². The van der Waals surface area contributed by atoms with E-state index in [-0.39, 0.29) is 17.9 Å². The summed E-state index contributed by atoms with van der Waals surface area (Å²) >= 11 is 0. The highest BCUT2D eigenvalue weighted by Gasteiger charge is 2.30.